The number of nitrogens with zero attached hydrogens (tertiary/aromatic N) is 1. The molecule has 1 N–H and O–H groups in total. The Balaban J connectivity index is 3.13. The first-order valence-corrected chi connectivity index (χ1v) is 4.27. The molecule has 0 atom stereocenters. The van der Waals surface area contributed by atoms with Crippen molar-refractivity contribution in [2.24, 2.45) is 0 Å². The quantitative estimate of drug-likeness (QED) is 0.809. The van der Waals surface area contributed by atoms with Crippen LogP contribution in [-0.2, 0) is 0 Å². The van der Waals surface area contributed by atoms with Crippen molar-refractivity contribution in [1.82, 2.24) is 4.98 Å². The van der Waals surface area contributed by atoms with Crippen molar-refractivity contribution in [3.8, 4) is 11.5 Å². The number of hydrogen-bond donors (Lipinski definition) is 1. The molecule has 0 saturated heterocycles. The number of hydrogen-bond acceptors (Lipinski definition) is 3. The molecule has 1 rings (SSSR count). The van der Waals surface area contributed by atoms with Crippen LogP contribution in [0.15, 0.2) is 10.7 Å². The van der Waals surface area contributed by atoms with Gasteiger partial charge >= 0.3 is 6.36 Å². The molecule has 0 saturated carbocycles. The van der Waals surface area contributed by atoms with E-state index in [4.69, 9.17) is 16.7 Å². The monoisotopic (exact) mass is 291 g/mol. The normalized spacial score (nSPS) is 11.5. The van der Waals surface area contributed by atoms with Crippen molar-refractivity contribution in [1.29, 1.82) is 0 Å². The summed E-state index contributed by atoms with van der Waals surface area (Å²) in [4.78, 5) is 3.39. The Hall–Kier alpha value is -0.690. The maximum absolute atomic E-state index is 11.8. The van der Waals surface area contributed by atoms with Crippen LogP contribution in [0, 0.1) is 0 Å². The van der Waals surface area contributed by atoms with Gasteiger partial charge in [0, 0.05) is 6.20 Å². The molecule has 3 nitrogen and oxygen atoms in total. The van der Waals surface area contributed by atoms with E-state index in [1.54, 1.807) is 0 Å². The lowest BCUT2D eigenvalue weighted by Crippen LogP contribution is -2.17. The zero-order valence-corrected chi connectivity index (χ0v) is 8.61. The molecule has 1 aromatic rings. The third kappa shape index (κ3) is 2.65. The van der Waals surface area contributed by atoms with Crippen LogP contribution in [0.2, 0.25) is 5.15 Å². The van der Waals surface area contributed by atoms with E-state index in [0.29, 0.717) is 0 Å². The fourth-order valence-electron chi connectivity index (χ4n) is 0.653. The van der Waals surface area contributed by atoms with Gasteiger partial charge in [-0.3, -0.25) is 0 Å². The summed E-state index contributed by atoms with van der Waals surface area (Å²) in [6.45, 7) is 0. The molecular formula is C6H2BrClF3NO2. The number of aromatic hydroxyl groups is 1. The molecular weight excluding hydrogens is 290 g/mol. The maximum atomic E-state index is 11.8. The van der Waals surface area contributed by atoms with Gasteiger partial charge in [-0.2, -0.15) is 0 Å². The summed E-state index contributed by atoms with van der Waals surface area (Å²) in [6.07, 6.45) is -3.91. The van der Waals surface area contributed by atoms with Crippen LogP contribution >= 0.6 is 27.5 Å². The van der Waals surface area contributed by atoms with Gasteiger partial charge in [0.05, 0.1) is 4.47 Å². The van der Waals surface area contributed by atoms with Crippen LogP contribution in [0.25, 0.3) is 0 Å². The molecule has 14 heavy (non-hydrogen) atoms. The first-order chi connectivity index (χ1) is 6.31. The van der Waals surface area contributed by atoms with Gasteiger partial charge in [0.25, 0.3) is 0 Å². The number of ether oxygens (including phenoxy) is 1. The van der Waals surface area contributed by atoms with Gasteiger partial charge in [-0.05, 0) is 15.9 Å². The Morgan fingerprint density at radius 3 is 2.57 bits per heavy atom. The van der Waals surface area contributed by atoms with E-state index in [0.717, 1.165) is 6.20 Å². The van der Waals surface area contributed by atoms with Crippen LogP contribution in [0.5, 0.6) is 11.5 Å². The van der Waals surface area contributed by atoms with E-state index in [1.165, 1.54) is 0 Å². The minimum Gasteiger partial charge on any atom is -0.502 e. The first kappa shape index (κ1) is 11.4. The van der Waals surface area contributed by atoms with Crippen molar-refractivity contribution in [2.75, 3.05) is 0 Å². The molecule has 0 fully saturated rings. The van der Waals surface area contributed by atoms with E-state index in [1.807, 2.05) is 0 Å². The van der Waals surface area contributed by atoms with Gasteiger partial charge in [0.2, 0.25) is 0 Å². The number of alkyl halides is 3. The van der Waals surface area contributed by atoms with Crippen molar-refractivity contribution >= 4 is 27.5 Å². The highest BCUT2D eigenvalue weighted by Crippen LogP contribution is 2.40. The summed E-state index contributed by atoms with van der Waals surface area (Å²) in [5, 5.41) is 8.63. The molecule has 0 aliphatic rings. The second-order valence-electron chi connectivity index (χ2n) is 2.12. The summed E-state index contributed by atoms with van der Waals surface area (Å²) in [6, 6.07) is 0. The fourth-order valence-corrected chi connectivity index (χ4v) is 1.16. The second kappa shape index (κ2) is 3.82. The lowest BCUT2D eigenvalue weighted by molar-refractivity contribution is -0.275. The van der Waals surface area contributed by atoms with Crippen molar-refractivity contribution in [3.05, 3.63) is 15.8 Å². The third-order valence-corrected chi connectivity index (χ3v) is 1.98. The molecule has 0 aliphatic carbocycles. The van der Waals surface area contributed by atoms with Crippen LogP contribution in [0.4, 0.5) is 13.2 Å². The summed E-state index contributed by atoms with van der Waals surface area (Å²) >= 11 is 8.01. The fraction of sp³-hybridized carbons (Fsp3) is 0.167. The maximum Gasteiger partial charge on any atom is 0.573 e. The zero-order chi connectivity index (χ0) is 10.9. The highest BCUT2D eigenvalue weighted by molar-refractivity contribution is 9.10. The van der Waals surface area contributed by atoms with E-state index in [-0.39, 0.29) is 4.47 Å². The Kier molecular flexibility index (Phi) is 3.10. The van der Waals surface area contributed by atoms with Crippen LogP contribution in [-0.4, -0.2) is 16.5 Å². The van der Waals surface area contributed by atoms with Gasteiger partial charge in [0.1, 0.15) is 0 Å². The van der Waals surface area contributed by atoms with Gasteiger partial charge in [-0.25, -0.2) is 4.98 Å². The summed E-state index contributed by atoms with van der Waals surface area (Å²) in [7, 11) is 0. The molecule has 0 bridgehead atoms. The SMILES string of the molecule is Oc1c(Cl)ncc(Br)c1OC(F)(F)F. The minimum atomic E-state index is -4.90. The van der Waals surface area contributed by atoms with Crippen LogP contribution in [0.3, 0.4) is 0 Å². The van der Waals surface area contributed by atoms with Crippen LogP contribution < -0.4 is 4.74 Å². The molecule has 78 valence electrons. The highest BCUT2D eigenvalue weighted by Gasteiger charge is 2.34. The standard InChI is InChI=1S/C6H2BrClF3NO2/c7-2-1-12-5(8)3(13)4(2)14-6(9,10)11/h1,13H. The Labute approximate surface area is 89.6 Å². The molecule has 0 amide bonds. The predicted octanol–water partition coefficient (Wildman–Crippen LogP) is 3.10. The second-order valence-corrected chi connectivity index (χ2v) is 3.33. The highest BCUT2D eigenvalue weighted by atomic mass is 79.9. The number of pyridine rings is 1. The molecule has 0 aromatic carbocycles. The lowest BCUT2D eigenvalue weighted by Gasteiger charge is -2.11. The molecule has 0 unspecified atom stereocenters. The van der Waals surface area contributed by atoms with Crippen molar-refractivity contribution < 1.29 is 23.0 Å². The number of aromatic nitrogens is 1. The molecule has 0 radical (unpaired) electrons. The smallest absolute Gasteiger partial charge is 0.502 e. The van der Waals surface area contributed by atoms with E-state index < -0.39 is 23.0 Å². The Bertz CT molecular complexity index is 358. The summed E-state index contributed by atoms with van der Waals surface area (Å²) in [5.74, 6) is -1.67. The topological polar surface area (TPSA) is 42.4 Å². The van der Waals surface area contributed by atoms with Crippen molar-refractivity contribution in [2.45, 2.75) is 6.36 Å². The first-order valence-electron chi connectivity index (χ1n) is 3.10. The van der Waals surface area contributed by atoms with Gasteiger partial charge in [0.15, 0.2) is 16.7 Å². The van der Waals surface area contributed by atoms with E-state index >= 15 is 0 Å². The number of halogens is 5. The summed E-state index contributed by atoms with van der Waals surface area (Å²) < 4.78 is 38.8. The van der Waals surface area contributed by atoms with E-state index in [2.05, 4.69) is 25.7 Å². The van der Waals surface area contributed by atoms with Gasteiger partial charge < -0.3 is 9.84 Å². The molecule has 0 spiro atoms. The van der Waals surface area contributed by atoms with Crippen molar-refractivity contribution in [3.63, 3.8) is 0 Å². The average Bonchev–Trinajstić information content (AvgIpc) is 2.04. The summed E-state index contributed by atoms with van der Waals surface area (Å²) in [5.41, 5.74) is 0. The Morgan fingerprint density at radius 2 is 2.07 bits per heavy atom. The zero-order valence-electron chi connectivity index (χ0n) is 6.27. The lowest BCUT2D eigenvalue weighted by atomic mass is 10.4. The average molecular weight is 292 g/mol. The largest absolute Gasteiger partial charge is 0.573 e. The molecule has 0 aliphatic heterocycles. The van der Waals surface area contributed by atoms with Gasteiger partial charge in [-0.15, -0.1) is 13.2 Å². The predicted molar refractivity (Wildman–Crippen MR) is 45.3 cm³/mol. The molecule has 1 aromatic heterocycles. The van der Waals surface area contributed by atoms with Gasteiger partial charge in [-0.1, -0.05) is 11.6 Å². The third-order valence-electron chi connectivity index (χ3n) is 1.14. The Morgan fingerprint density at radius 1 is 1.50 bits per heavy atom. The van der Waals surface area contributed by atoms with E-state index in [9.17, 15) is 13.2 Å². The molecule has 1 heterocycles. The number of rotatable bonds is 1. The minimum absolute atomic E-state index is 0.142. The molecule has 8 heteroatoms. The van der Waals surface area contributed by atoms with Crippen LogP contribution in [0.1, 0.15) is 0 Å².